The van der Waals surface area contributed by atoms with Crippen molar-refractivity contribution >= 4 is 28.2 Å². The molecule has 46 valence electrons. The summed E-state index contributed by atoms with van der Waals surface area (Å²) in [4.78, 5) is 0. The number of thiocarbonyl (C=S) groups is 1. The fraction of sp³-hybridized carbons (Fsp3) is 0.500. The molecule has 0 bridgehead atoms. The monoisotopic (exact) mass is 146 g/mol. The Kier molecular flexibility index (Phi) is 5.44. The van der Waals surface area contributed by atoms with E-state index in [2.05, 4.69) is 13.5 Å². The highest BCUT2D eigenvalue weighted by Crippen LogP contribution is 2.06. The molecule has 0 aliphatic rings. The van der Waals surface area contributed by atoms with Gasteiger partial charge >= 0.3 is 0 Å². The predicted octanol–water partition coefficient (Wildman–Crippen LogP) is 2.64. The third-order valence-corrected chi connectivity index (χ3v) is 2.31. The lowest BCUT2D eigenvalue weighted by Gasteiger charge is -1.92. The van der Waals surface area contributed by atoms with Crippen LogP contribution in [0.2, 0.25) is 0 Å². The molecule has 0 radical (unpaired) electrons. The highest BCUT2D eigenvalue weighted by atomic mass is 32.2. The van der Waals surface area contributed by atoms with E-state index in [0.29, 0.717) is 0 Å². The van der Waals surface area contributed by atoms with Gasteiger partial charge in [-0.3, -0.25) is 0 Å². The summed E-state index contributed by atoms with van der Waals surface area (Å²) in [7, 11) is 0. The van der Waals surface area contributed by atoms with Gasteiger partial charge < -0.3 is 0 Å². The van der Waals surface area contributed by atoms with Crippen molar-refractivity contribution in [1.82, 2.24) is 0 Å². The van der Waals surface area contributed by atoms with Crippen LogP contribution in [-0.4, -0.2) is 9.95 Å². The van der Waals surface area contributed by atoms with E-state index in [-0.39, 0.29) is 0 Å². The molecule has 8 heavy (non-hydrogen) atoms. The molecule has 0 fully saturated rings. The Morgan fingerprint density at radius 3 is 2.88 bits per heavy atom. The van der Waals surface area contributed by atoms with E-state index in [4.69, 9.17) is 12.2 Å². The van der Waals surface area contributed by atoms with Crippen LogP contribution in [0.4, 0.5) is 0 Å². The van der Waals surface area contributed by atoms with Gasteiger partial charge in [-0.25, -0.2) is 0 Å². The molecule has 0 nitrogen and oxygen atoms in total. The second-order valence-corrected chi connectivity index (χ2v) is 3.19. The number of thioether (sulfide) groups is 1. The lowest BCUT2D eigenvalue weighted by Crippen LogP contribution is -1.82. The number of rotatable bonds is 3. The topological polar surface area (TPSA) is 0 Å². The minimum absolute atomic E-state index is 0.951. The van der Waals surface area contributed by atoms with Gasteiger partial charge in [0.05, 0.1) is 0 Å². The van der Waals surface area contributed by atoms with E-state index in [1.54, 1.807) is 11.8 Å². The van der Waals surface area contributed by atoms with Crippen LogP contribution in [0, 0.1) is 0 Å². The molecule has 0 aromatic rings. The molecule has 0 aliphatic carbocycles. The van der Waals surface area contributed by atoms with Crippen LogP contribution in [0.5, 0.6) is 0 Å². The van der Waals surface area contributed by atoms with E-state index < -0.39 is 0 Å². The average Bonchev–Trinajstić information content (AvgIpc) is 1.83. The van der Waals surface area contributed by atoms with Crippen molar-refractivity contribution in [1.29, 1.82) is 0 Å². The summed E-state index contributed by atoms with van der Waals surface area (Å²) in [5.74, 6) is 0.951. The van der Waals surface area contributed by atoms with Gasteiger partial charge in [-0.05, 0) is 6.42 Å². The molecule has 0 spiro atoms. The van der Waals surface area contributed by atoms with E-state index in [0.717, 1.165) is 16.4 Å². The smallest absolute Gasteiger partial charge is 0.0478 e. The lowest BCUT2D eigenvalue weighted by molar-refractivity contribution is 1.34. The summed E-state index contributed by atoms with van der Waals surface area (Å²) < 4.78 is 1.07. The largest absolute Gasteiger partial charge is 0.115 e. The second-order valence-electron chi connectivity index (χ2n) is 1.33. The first-order chi connectivity index (χ1) is 3.81. The fourth-order valence-corrected chi connectivity index (χ4v) is 0.966. The van der Waals surface area contributed by atoms with Gasteiger partial charge in [0.2, 0.25) is 0 Å². The Balaban J connectivity index is 3.11. The summed E-state index contributed by atoms with van der Waals surface area (Å²) in [6.45, 7) is 5.65. The summed E-state index contributed by atoms with van der Waals surface area (Å²) >= 11 is 6.63. The second kappa shape index (κ2) is 5.32. The molecule has 0 saturated carbocycles. The van der Waals surface area contributed by atoms with E-state index in [1.165, 1.54) is 0 Å². The van der Waals surface area contributed by atoms with Crippen LogP contribution in [-0.2, 0) is 0 Å². The summed E-state index contributed by atoms with van der Waals surface area (Å²) in [5, 5.41) is 0. The standard InChI is InChI=1S/C6H10S2/c1-3-5-8-6(7)4-2/h3H,1,4-5H2,2H3. The molecule has 0 atom stereocenters. The van der Waals surface area contributed by atoms with Crippen LogP contribution < -0.4 is 0 Å². The minimum atomic E-state index is 0.951. The molecule has 0 aromatic heterocycles. The molecule has 0 heterocycles. The average molecular weight is 146 g/mol. The van der Waals surface area contributed by atoms with E-state index in [1.807, 2.05) is 6.08 Å². The molecule has 0 saturated heterocycles. The van der Waals surface area contributed by atoms with Gasteiger partial charge in [0.15, 0.2) is 0 Å². The molecule has 0 aliphatic heterocycles. The minimum Gasteiger partial charge on any atom is -0.115 e. The summed E-state index contributed by atoms with van der Waals surface area (Å²) in [5.41, 5.74) is 0. The maximum atomic E-state index is 4.94. The van der Waals surface area contributed by atoms with Gasteiger partial charge in [-0.1, -0.05) is 25.2 Å². The zero-order valence-corrected chi connectivity index (χ0v) is 6.65. The highest BCUT2D eigenvalue weighted by Gasteiger charge is 1.87. The zero-order valence-electron chi connectivity index (χ0n) is 5.02. The predicted molar refractivity (Wildman–Crippen MR) is 45.5 cm³/mol. The van der Waals surface area contributed by atoms with Crippen LogP contribution in [0.15, 0.2) is 12.7 Å². The van der Waals surface area contributed by atoms with Gasteiger partial charge in [0.25, 0.3) is 0 Å². The van der Waals surface area contributed by atoms with Crippen molar-refractivity contribution in [3.63, 3.8) is 0 Å². The molecule has 0 rings (SSSR count). The Bertz CT molecular complexity index is 86.5. The first-order valence-electron chi connectivity index (χ1n) is 2.57. The molecule has 0 aromatic carbocycles. The molecule has 2 heteroatoms. The van der Waals surface area contributed by atoms with Crippen LogP contribution in [0.1, 0.15) is 13.3 Å². The number of hydrogen-bond acceptors (Lipinski definition) is 2. The molecule has 0 unspecified atom stereocenters. The normalized spacial score (nSPS) is 8.62. The number of hydrogen-bond donors (Lipinski definition) is 0. The van der Waals surface area contributed by atoms with Crippen molar-refractivity contribution in [2.75, 3.05) is 5.75 Å². The van der Waals surface area contributed by atoms with Gasteiger partial charge in [-0.2, -0.15) is 0 Å². The van der Waals surface area contributed by atoms with Gasteiger partial charge in [-0.15, -0.1) is 18.3 Å². The summed E-state index contributed by atoms with van der Waals surface area (Å²) in [6, 6.07) is 0. The zero-order chi connectivity index (χ0) is 6.41. The van der Waals surface area contributed by atoms with Crippen molar-refractivity contribution in [3.05, 3.63) is 12.7 Å². The Morgan fingerprint density at radius 2 is 2.50 bits per heavy atom. The Morgan fingerprint density at radius 1 is 1.88 bits per heavy atom. The van der Waals surface area contributed by atoms with Crippen molar-refractivity contribution < 1.29 is 0 Å². The van der Waals surface area contributed by atoms with E-state index in [9.17, 15) is 0 Å². The van der Waals surface area contributed by atoms with Gasteiger partial charge in [0.1, 0.15) is 0 Å². The van der Waals surface area contributed by atoms with Crippen molar-refractivity contribution in [2.24, 2.45) is 0 Å². The van der Waals surface area contributed by atoms with E-state index >= 15 is 0 Å². The first kappa shape index (κ1) is 8.18. The highest BCUT2D eigenvalue weighted by molar-refractivity contribution is 8.23. The van der Waals surface area contributed by atoms with Crippen LogP contribution >= 0.6 is 24.0 Å². The maximum absolute atomic E-state index is 4.94. The maximum Gasteiger partial charge on any atom is 0.0478 e. The third-order valence-electron chi connectivity index (χ3n) is 0.651. The molecule has 0 amide bonds. The van der Waals surface area contributed by atoms with Crippen molar-refractivity contribution in [2.45, 2.75) is 13.3 Å². The Labute approximate surface area is 60.4 Å². The molecular weight excluding hydrogens is 136 g/mol. The fourth-order valence-electron chi connectivity index (χ4n) is 0.254. The SMILES string of the molecule is C=CCSC(=S)CC. The Hall–Kier alpha value is 0.180. The van der Waals surface area contributed by atoms with Crippen molar-refractivity contribution in [3.8, 4) is 0 Å². The molecule has 0 N–H and O–H groups in total. The lowest BCUT2D eigenvalue weighted by atomic mass is 10.6. The summed E-state index contributed by atoms with van der Waals surface area (Å²) in [6.07, 6.45) is 2.86. The van der Waals surface area contributed by atoms with Crippen LogP contribution in [0.3, 0.4) is 0 Å². The van der Waals surface area contributed by atoms with Gasteiger partial charge in [0, 0.05) is 9.95 Å². The molecular formula is C6H10S2. The quantitative estimate of drug-likeness (QED) is 0.443. The van der Waals surface area contributed by atoms with Crippen LogP contribution in [0.25, 0.3) is 0 Å². The third kappa shape index (κ3) is 4.34. The first-order valence-corrected chi connectivity index (χ1v) is 3.97.